The van der Waals surface area contributed by atoms with Crippen molar-refractivity contribution in [2.75, 3.05) is 39.1 Å². The number of anilines is 1. The Kier molecular flexibility index (Phi) is 6.28. The summed E-state index contributed by atoms with van der Waals surface area (Å²) in [7, 11) is 3.36. The number of esters is 1. The largest absolute Gasteiger partial charge is 0.469 e. The zero-order chi connectivity index (χ0) is 20.1. The summed E-state index contributed by atoms with van der Waals surface area (Å²) >= 11 is 0. The Labute approximate surface area is 165 Å². The van der Waals surface area contributed by atoms with Gasteiger partial charge < -0.3 is 19.9 Å². The number of ether oxygens (including phenoxy) is 1. The number of likely N-dealkylation sites (tertiary alicyclic amines) is 2. The van der Waals surface area contributed by atoms with Crippen molar-refractivity contribution < 1.29 is 19.1 Å². The second-order valence-electron chi connectivity index (χ2n) is 7.59. The SMILES string of the molecule is COC(=O)CCC(=O)N1CC[C@@H]2N(C)CC[C@]2(C(=O)Nc2cccnc2)CC1. The lowest BCUT2D eigenvalue weighted by molar-refractivity contribution is -0.143. The Bertz CT molecular complexity index is 726. The lowest BCUT2D eigenvalue weighted by Gasteiger charge is -2.34. The quantitative estimate of drug-likeness (QED) is 0.764. The molecular formula is C20H28N4O4. The number of nitrogens with zero attached hydrogens (tertiary/aromatic N) is 3. The molecule has 0 bridgehead atoms. The molecule has 0 radical (unpaired) electrons. The number of aromatic nitrogens is 1. The summed E-state index contributed by atoms with van der Waals surface area (Å²) in [5, 5.41) is 3.02. The van der Waals surface area contributed by atoms with Crippen LogP contribution in [0.15, 0.2) is 24.5 Å². The van der Waals surface area contributed by atoms with Gasteiger partial charge in [0.1, 0.15) is 0 Å². The maximum atomic E-state index is 13.3. The Morgan fingerprint density at radius 1 is 1.25 bits per heavy atom. The van der Waals surface area contributed by atoms with Crippen molar-refractivity contribution in [2.45, 2.75) is 38.1 Å². The van der Waals surface area contributed by atoms with E-state index in [1.807, 2.05) is 13.1 Å². The van der Waals surface area contributed by atoms with Gasteiger partial charge in [-0.15, -0.1) is 0 Å². The molecule has 0 unspecified atom stereocenters. The van der Waals surface area contributed by atoms with Crippen LogP contribution in [0.1, 0.15) is 32.1 Å². The van der Waals surface area contributed by atoms with Crippen LogP contribution in [-0.4, -0.2) is 72.4 Å². The zero-order valence-corrected chi connectivity index (χ0v) is 16.5. The monoisotopic (exact) mass is 388 g/mol. The second kappa shape index (κ2) is 8.68. The highest BCUT2D eigenvalue weighted by Gasteiger charge is 2.52. The van der Waals surface area contributed by atoms with E-state index < -0.39 is 5.41 Å². The molecule has 3 rings (SSSR count). The van der Waals surface area contributed by atoms with Crippen molar-refractivity contribution in [1.29, 1.82) is 0 Å². The van der Waals surface area contributed by atoms with Crippen molar-refractivity contribution in [1.82, 2.24) is 14.8 Å². The fourth-order valence-corrected chi connectivity index (χ4v) is 4.42. The second-order valence-corrected chi connectivity index (χ2v) is 7.59. The number of fused-ring (bicyclic) bond motifs is 1. The van der Waals surface area contributed by atoms with Gasteiger partial charge in [0, 0.05) is 31.7 Å². The van der Waals surface area contributed by atoms with Crippen LogP contribution < -0.4 is 5.32 Å². The van der Waals surface area contributed by atoms with Crippen LogP contribution in [0.4, 0.5) is 5.69 Å². The van der Waals surface area contributed by atoms with Gasteiger partial charge in [0.2, 0.25) is 11.8 Å². The Morgan fingerprint density at radius 3 is 2.75 bits per heavy atom. The smallest absolute Gasteiger partial charge is 0.306 e. The van der Waals surface area contributed by atoms with Gasteiger partial charge in [0.05, 0.1) is 30.8 Å². The first-order chi connectivity index (χ1) is 13.5. The lowest BCUT2D eigenvalue weighted by atomic mass is 9.75. The predicted octanol–water partition coefficient (Wildman–Crippen LogP) is 1.29. The van der Waals surface area contributed by atoms with E-state index in [9.17, 15) is 14.4 Å². The Morgan fingerprint density at radius 2 is 2.04 bits per heavy atom. The number of rotatable bonds is 5. The fraction of sp³-hybridized carbons (Fsp3) is 0.600. The summed E-state index contributed by atoms with van der Waals surface area (Å²) in [5.74, 6) is -0.443. The van der Waals surface area contributed by atoms with Crippen molar-refractivity contribution in [3.8, 4) is 0 Å². The summed E-state index contributed by atoms with van der Waals surface area (Å²) < 4.78 is 4.62. The number of pyridine rings is 1. The molecule has 0 aromatic carbocycles. The summed E-state index contributed by atoms with van der Waals surface area (Å²) in [6.45, 7) is 1.98. The molecule has 2 fully saturated rings. The predicted molar refractivity (Wildman–Crippen MR) is 103 cm³/mol. The number of carbonyl (C=O) groups excluding carboxylic acids is 3. The van der Waals surface area contributed by atoms with Gasteiger partial charge >= 0.3 is 5.97 Å². The molecule has 8 nitrogen and oxygen atoms in total. The van der Waals surface area contributed by atoms with Crippen molar-refractivity contribution >= 4 is 23.5 Å². The van der Waals surface area contributed by atoms with E-state index in [-0.39, 0.29) is 36.7 Å². The van der Waals surface area contributed by atoms with Crippen LogP contribution in [0, 0.1) is 5.41 Å². The van der Waals surface area contributed by atoms with Crippen LogP contribution in [0.25, 0.3) is 0 Å². The number of amides is 2. The van der Waals surface area contributed by atoms with E-state index in [4.69, 9.17) is 0 Å². The van der Waals surface area contributed by atoms with Gasteiger partial charge in [0.15, 0.2) is 0 Å². The first-order valence-corrected chi connectivity index (χ1v) is 9.72. The summed E-state index contributed by atoms with van der Waals surface area (Å²) in [6.07, 6.45) is 5.65. The van der Waals surface area contributed by atoms with Gasteiger partial charge in [-0.3, -0.25) is 19.4 Å². The van der Waals surface area contributed by atoms with Crippen LogP contribution >= 0.6 is 0 Å². The average molecular weight is 388 g/mol. The molecule has 152 valence electrons. The van der Waals surface area contributed by atoms with Gasteiger partial charge in [-0.2, -0.15) is 0 Å². The number of hydrogen-bond acceptors (Lipinski definition) is 6. The van der Waals surface area contributed by atoms with Crippen molar-refractivity contribution in [3.63, 3.8) is 0 Å². The van der Waals surface area contributed by atoms with E-state index in [1.54, 1.807) is 23.4 Å². The topological polar surface area (TPSA) is 91.8 Å². The molecule has 1 aromatic rings. The maximum absolute atomic E-state index is 13.3. The molecule has 1 N–H and O–H groups in total. The fourth-order valence-electron chi connectivity index (χ4n) is 4.42. The molecule has 2 saturated heterocycles. The van der Waals surface area contributed by atoms with Gasteiger partial charge in [-0.25, -0.2) is 0 Å². The summed E-state index contributed by atoms with van der Waals surface area (Å²) in [4.78, 5) is 45.2. The third kappa shape index (κ3) is 4.16. The minimum atomic E-state index is -0.526. The molecule has 0 saturated carbocycles. The summed E-state index contributed by atoms with van der Waals surface area (Å²) in [5.41, 5.74) is 0.160. The zero-order valence-electron chi connectivity index (χ0n) is 16.5. The van der Waals surface area contributed by atoms with E-state index in [1.165, 1.54) is 7.11 Å². The number of nitrogens with one attached hydrogen (secondary N) is 1. The first kappa shape index (κ1) is 20.3. The number of carbonyl (C=O) groups is 3. The molecule has 8 heteroatoms. The molecule has 28 heavy (non-hydrogen) atoms. The van der Waals surface area contributed by atoms with Gasteiger partial charge in [0.25, 0.3) is 0 Å². The van der Waals surface area contributed by atoms with E-state index in [2.05, 4.69) is 19.9 Å². The number of methoxy groups -OCH3 is 1. The normalized spacial score (nSPS) is 24.9. The van der Waals surface area contributed by atoms with Crippen LogP contribution in [0.3, 0.4) is 0 Å². The van der Waals surface area contributed by atoms with Crippen LogP contribution in [0.5, 0.6) is 0 Å². The number of hydrogen-bond donors (Lipinski definition) is 1. The summed E-state index contributed by atoms with van der Waals surface area (Å²) in [6, 6.07) is 3.71. The first-order valence-electron chi connectivity index (χ1n) is 9.72. The molecule has 2 atom stereocenters. The highest BCUT2D eigenvalue weighted by Crippen LogP contribution is 2.44. The van der Waals surface area contributed by atoms with Gasteiger partial charge in [-0.1, -0.05) is 0 Å². The van der Waals surface area contributed by atoms with Gasteiger partial charge in [-0.05, 0) is 45.0 Å². The molecule has 2 aliphatic rings. The molecule has 1 aromatic heterocycles. The molecule has 3 heterocycles. The molecule has 2 amide bonds. The highest BCUT2D eigenvalue weighted by atomic mass is 16.5. The van der Waals surface area contributed by atoms with Crippen molar-refractivity contribution in [2.24, 2.45) is 5.41 Å². The standard InChI is InChI=1S/C20H28N4O4/c1-23-12-8-20(19(27)22-15-4-3-10-21-14-15)9-13-24(11-7-16(20)23)17(25)5-6-18(26)28-2/h3-4,10,14,16H,5-9,11-13H2,1-2H3,(H,22,27)/t16-,20-/m0/s1. The minimum Gasteiger partial charge on any atom is -0.469 e. The Hall–Kier alpha value is -2.48. The van der Waals surface area contributed by atoms with E-state index >= 15 is 0 Å². The lowest BCUT2D eigenvalue weighted by Crippen LogP contribution is -2.46. The molecule has 0 aliphatic carbocycles. The third-order valence-electron chi connectivity index (χ3n) is 6.08. The minimum absolute atomic E-state index is 0.00119. The van der Waals surface area contributed by atoms with Crippen molar-refractivity contribution in [3.05, 3.63) is 24.5 Å². The third-order valence-corrected chi connectivity index (χ3v) is 6.08. The molecule has 0 spiro atoms. The Balaban J connectivity index is 1.71. The van der Waals surface area contributed by atoms with Crippen LogP contribution in [0.2, 0.25) is 0 Å². The van der Waals surface area contributed by atoms with E-state index in [0.29, 0.717) is 25.2 Å². The molecular weight excluding hydrogens is 360 g/mol. The highest BCUT2D eigenvalue weighted by molar-refractivity contribution is 5.96. The average Bonchev–Trinajstić information content (AvgIpc) is 2.90. The van der Waals surface area contributed by atoms with E-state index in [0.717, 1.165) is 19.4 Å². The maximum Gasteiger partial charge on any atom is 0.306 e. The molecule has 2 aliphatic heterocycles. The van der Waals surface area contributed by atoms with Crippen LogP contribution in [-0.2, 0) is 19.1 Å².